The summed E-state index contributed by atoms with van der Waals surface area (Å²) in [6, 6.07) is 0.340. The molecule has 2 rings (SSSR count). The Morgan fingerprint density at radius 3 is 2.68 bits per heavy atom. The number of aryl methyl sites for hydroxylation is 1. The number of aromatic nitrogens is 2. The monoisotopic (exact) mass is 372 g/mol. The van der Waals surface area contributed by atoms with Crippen molar-refractivity contribution < 1.29 is 9.53 Å². The Hall–Kier alpha value is -0.920. The van der Waals surface area contributed by atoms with E-state index in [1.165, 1.54) is 0 Å². The summed E-state index contributed by atoms with van der Waals surface area (Å²) >= 11 is 3.39. The fourth-order valence-corrected chi connectivity index (χ4v) is 3.07. The van der Waals surface area contributed by atoms with E-state index in [0.29, 0.717) is 24.2 Å². The zero-order valence-corrected chi connectivity index (χ0v) is 15.1. The molecule has 1 aromatic rings. The van der Waals surface area contributed by atoms with E-state index in [4.69, 9.17) is 4.74 Å². The van der Waals surface area contributed by atoms with Crippen molar-refractivity contribution in [3.63, 3.8) is 0 Å². The van der Waals surface area contributed by atoms with Crippen LogP contribution in [0.1, 0.15) is 36.5 Å². The van der Waals surface area contributed by atoms with E-state index >= 15 is 0 Å². The third-order valence-electron chi connectivity index (χ3n) is 3.89. The fourth-order valence-electron chi connectivity index (χ4n) is 2.71. The Morgan fingerprint density at radius 1 is 1.45 bits per heavy atom. The molecule has 22 heavy (non-hydrogen) atoms. The normalized spacial score (nSPS) is 17.7. The molecular formula is C15H25BrN4O2. The molecule has 0 spiro atoms. The summed E-state index contributed by atoms with van der Waals surface area (Å²) in [4.78, 5) is 14.7. The zero-order chi connectivity index (χ0) is 16.1. The molecule has 1 saturated heterocycles. The van der Waals surface area contributed by atoms with Crippen LogP contribution in [0.5, 0.6) is 0 Å². The highest BCUT2D eigenvalue weighted by atomic mass is 79.9. The van der Waals surface area contributed by atoms with Gasteiger partial charge in [0.25, 0.3) is 5.91 Å². The summed E-state index contributed by atoms with van der Waals surface area (Å²) in [5, 5.41) is 9.89. The third kappa shape index (κ3) is 4.54. The molecule has 1 aliphatic rings. The van der Waals surface area contributed by atoms with Crippen LogP contribution in [0.25, 0.3) is 0 Å². The predicted octanol–water partition coefficient (Wildman–Crippen LogP) is 1.96. The lowest BCUT2D eigenvalue weighted by Crippen LogP contribution is -2.49. The van der Waals surface area contributed by atoms with Gasteiger partial charge in [0.2, 0.25) is 0 Å². The molecule has 2 N–H and O–H groups in total. The standard InChI is InChI=1S/C15H25BrN4O2/c1-10(2)8-12(20-4-6-22-7-5-20)9-17-15(21)14-13(16)11(3)18-19-14/h10,12H,4-9H2,1-3H3,(H,17,21)(H,18,19). The number of hydrogen-bond donors (Lipinski definition) is 2. The number of carbonyl (C=O) groups is 1. The SMILES string of the molecule is Cc1[nH]nc(C(=O)NCC(CC(C)C)N2CCOCC2)c1Br. The van der Waals surface area contributed by atoms with Gasteiger partial charge in [-0.05, 0) is 35.2 Å². The Kier molecular flexibility index (Phi) is 6.40. The quantitative estimate of drug-likeness (QED) is 0.800. The number of carbonyl (C=O) groups excluding carboxylic acids is 1. The van der Waals surface area contributed by atoms with Crippen LogP contribution in [-0.4, -0.2) is 59.9 Å². The van der Waals surface area contributed by atoms with Gasteiger partial charge >= 0.3 is 0 Å². The number of halogens is 1. The lowest BCUT2D eigenvalue weighted by molar-refractivity contribution is 0.0124. The van der Waals surface area contributed by atoms with Gasteiger partial charge in [-0.2, -0.15) is 5.10 Å². The minimum absolute atomic E-state index is 0.141. The van der Waals surface area contributed by atoms with Crippen LogP contribution in [0.15, 0.2) is 4.47 Å². The van der Waals surface area contributed by atoms with Gasteiger partial charge in [-0.3, -0.25) is 14.8 Å². The van der Waals surface area contributed by atoms with E-state index in [0.717, 1.165) is 42.9 Å². The lowest BCUT2D eigenvalue weighted by atomic mass is 10.0. The third-order valence-corrected chi connectivity index (χ3v) is 4.86. The van der Waals surface area contributed by atoms with Crippen molar-refractivity contribution in [2.24, 2.45) is 5.92 Å². The molecule has 0 aliphatic carbocycles. The highest BCUT2D eigenvalue weighted by Crippen LogP contribution is 2.18. The molecule has 6 nitrogen and oxygen atoms in total. The van der Waals surface area contributed by atoms with Crippen LogP contribution in [0.2, 0.25) is 0 Å². The fraction of sp³-hybridized carbons (Fsp3) is 0.733. The molecular weight excluding hydrogens is 348 g/mol. The molecule has 1 amide bonds. The first-order chi connectivity index (χ1) is 10.5. The molecule has 1 unspecified atom stereocenters. The van der Waals surface area contributed by atoms with Crippen molar-refractivity contribution in [3.05, 3.63) is 15.9 Å². The topological polar surface area (TPSA) is 70.2 Å². The Bertz CT molecular complexity index is 498. The highest BCUT2D eigenvalue weighted by Gasteiger charge is 2.23. The molecule has 1 fully saturated rings. The summed E-state index contributed by atoms with van der Waals surface area (Å²) in [7, 11) is 0. The number of rotatable bonds is 6. The van der Waals surface area contributed by atoms with Gasteiger partial charge in [0.05, 0.1) is 17.7 Å². The minimum atomic E-state index is -0.141. The van der Waals surface area contributed by atoms with Crippen molar-refractivity contribution >= 4 is 21.8 Å². The molecule has 1 aliphatic heterocycles. The van der Waals surface area contributed by atoms with E-state index in [1.54, 1.807) is 0 Å². The molecule has 0 radical (unpaired) electrons. The van der Waals surface area contributed by atoms with E-state index in [-0.39, 0.29) is 5.91 Å². The first-order valence-electron chi connectivity index (χ1n) is 7.79. The van der Waals surface area contributed by atoms with Gasteiger partial charge in [0.1, 0.15) is 0 Å². The van der Waals surface area contributed by atoms with Gasteiger partial charge < -0.3 is 10.1 Å². The summed E-state index contributed by atoms with van der Waals surface area (Å²) in [6.07, 6.45) is 1.06. The average Bonchev–Trinajstić information content (AvgIpc) is 2.83. The number of nitrogens with one attached hydrogen (secondary N) is 2. The van der Waals surface area contributed by atoms with Gasteiger partial charge in [-0.1, -0.05) is 13.8 Å². The van der Waals surface area contributed by atoms with Gasteiger partial charge in [0, 0.05) is 31.4 Å². The molecule has 124 valence electrons. The molecule has 1 atom stereocenters. The number of H-pyrrole nitrogens is 1. The number of aromatic amines is 1. The maximum absolute atomic E-state index is 12.3. The largest absolute Gasteiger partial charge is 0.379 e. The maximum atomic E-state index is 12.3. The number of morpholine rings is 1. The Labute approximate surface area is 140 Å². The van der Waals surface area contributed by atoms with E-state index in [2.05, 4.69) is 50.2 Å². The number of hydrogen-bond acceptors (Lipinski definition) is 4. The minimum Gasteiger partial charge on any atom is -0.379 e. The van der Waals surface area contributed by atoms with Crippen molar-refractivity contribution in [2.45, 2.75) is 33.2 Å². The van der Waals surface area contributed by atoms with Crippen LogP contribution in [-0.2, 0) is 4.74 Å². The smallest absolute Gasteiger partial charge is 0.273 e. The Morgan fingerprint density at radius 2 is 2.14 bits per heavy atom. The van der Waals surface area contributed by atoms with Crippen molar-refractivity contribution in [1.29, 1.82) is 0 Å². The first-order valence-corrected chi connectivity index (χ1v) is 8.58. The van der Waals surface area contributed by atoms with Crippen LogP contribution >= 0.6 is 15.9 Å². The summed E-state index contributed by atoms with van der Waals surface area (Å²) < 4.78 is 6.15. The highest BCUT2D eigenvalue weighted by molar-refractivity contribution is 9.10. The molecule has 0 aromatic carbocycles. The first kappa shape index (κ1) is 17.4. The van der Waals surface area contributed by atoms with Crippen LogP contribution in [0, 0.1) is 12.8 Å². The van der Waals surface area contributed by atoms with Gasteiger partial charge in [-0.15, -0.1) is 0 Å². The summed E-state index contributed by atoms with van der Waals surface area (Å²) in [6.45, 7) is 10.3. The second-order valence-corrected chi connectivity index (χ2v) is 6.95. The second kappa shape index (κ2) is 8.08. The number of ether oxygens (including phenoxy) is 1. The van der Waals surface area contributed by atoms with Crippen molar-refractivity contribution in [2.75, 3.05) is 32.8 Å². The van der Waals surface area contributed by atoms with Crippen LogP contribution in [0.3, 0.4) is 0 Å². The second-order valence-electron chi connectivity index (χ2n) is 6.15. The van der Waals surface area contributed by atoms with Crippen molar-refractivity contribution in [3.8, 4) is 0 Å². The molecule has 7 heteroatoms. The van der Waals surface area contributed by atoms with E-state index in [9.17, 15) is 4.79 Å². The number of nitrogens with zero attached hydrogens (tertiary/aromatic N) is 2. The molecule has 0 saturated carbocycles. The number of amides is 1. The Balaban J connectivity index is 1.95. The molecule has 2 heterocycles. The van der Waals surface area contributed by atoms with Crippen LogP contribution < -0.4 is 5.32 Å². The van der Waals surface area contributed by atoms with E-state index in [1.807, 2.05) is 6.92 Å². The van der Waals surface area contributed by atoms with Gasteiger partial charge in [0.15, 0.2) is 5.69 Å². The maximum Gasteiger partial charge on any atom is 0.273 e. The summed E-state index contributed by atoms with van der Waals surface area (Å²) in [5.41, 5.74) is 1.28. The predicted molar refractivity (Wildman–Crippen MR) is 89.0 cm³/mol. The molecule has 0 bridgehead atoms. The lowest BCUT2D eigenvalue weighted by Gasteiger charge is -2.35. The zero-order valence-electron chi connectivity index (χ0n) is 13.5. The summed E-state index contributed by atoms with van der Waals surface area (Å²) in [5.74, 6) is 0.447. The van der Waals surface area contributed by atoms with Gasteiger partial charge in [-0.25, -0.2) is 0 Å². The van der Waals surface area contributed by atoms with Crippen molar-refractivity contribution in [1.82, 2.24) is 20.4 Å². The van der Waals surface area contributed by atoms with Crippen LogP contribution in [0.4, 0.5) is 0 Å². The van der Waals surface area contributed by atoms with E-state index < -0.39 is 0 Å². The molecule has 1 aromatic heterocycles. The average molecular weight is 373 g/mol.